The van der Waals surface area contributed by atoms with Crippen LogP contribution in [0.25, 0.3) is 0 Å². The van der Waals surface area contributed by atoms with Gasteiger partial charge in [-0.1, -0.05) is 30.3 Å². The van der Waals surface area contributed by atoms with Gasteiger partial charge < -0.3 is 4.90 Å². The van der Waals surface area contributed by atoms with Crippen LogP contribution in [0.2, 0.25) is 0 Å². The molecule has 3 atom stereocenters. The first kappa shape index (κ1) is 12.4. The number of carbonyl (C=O) groups excluding carboxylic acids is 2. The molecule has 0 N–H and O–H groups in total. The zero-order chi connectivity index (χ0) is 13.6. The number of fused-ring (bicyclic) bond motifs is 1. The van der Waals surface area contributed by atoms with Gasteiger partial charge in [-0.25, -0.2) is 0 Å². The van der Waals surface area contributed by atoms with E-state index in [1.165, 1.54) is 4.90 Å². The highest BCUT2D eigenvalue weighted by Gasteiger charge is 2.54. The first-order valence-electron chi connectivity index (χ1n) is 6.69. The van der Waals surface area contributed by atoms with Gasteiger partial charge in [0.25, 0.3) is 0 Å². The molecule has 3 rings (SSSR count). The molecule has 1 aromatic carbocycles. The van der Waals surface area contributed by atoms with Crippen LogP contribution in [0.4, 0.5) is 0 Å². The summed E-state index contributed by atoms with van der Waals surface area (Å²) in [6.45, 7) is 3.13. The maximum atomic E-state index is 12.4. The van der Waals surface area contributed by atoms with Crippen LogP contribution in [-0.2, 0) is 16.1 Å². The van der Waals surface area contributed by atoms with E-state index in [9.17, 15) is 9.59 Å². The molecule has 0 aliphatic carbocycles. The van der Waals surface area contributed by atoms with Crippen LogP contribution >= 0.6 is 0 Å². The molecule has 100 valence electrons. The lowest BCUT2D eigenvalue weighted by Gasteiger charge is -2.22. The summed E-state index contributed by atoms with van der Waals surface area (Å²) in [5.74, 6) is -0.303. The van der Waals surface area contributed by atoms with Crippen molar-refractivity contribution in [2.45, 2.75) is 19.5 Å². The summed E-state index contributed by atoms with van der Waals surface area (Å²) in [7, 11) is 1.98. The molecule has 2 amide bonds. The molecule has 0 saturated carbocycles. The first-order chi connectivity index (χ1) is 9.09. The van der Waals surface area contributed by atoms with Crippen LogP contribution in [0.5, 0.6) is 0 Å². The van der Waals surface area contributed by atoms with Crippen molar-refractivity contribution in [3.63, 3.8) is 0 Å². The molecule has 2 heterocycles. The molecule has 2 saturated heterocycles. The minimum atomic E-state index is -0.152. The Kier molecular flexibility index (Phi) is 2.90. The van der Waals surface area contributed by atoms with Crippen LogP contribution in [0.15, 0.2) is 30.3 Å². The molecule has 3 unspecified atom stereocenters. The average molecular weight is 258 g/mol. The van der Waals surface area contributed by atoms with Gasteiger partial charge in [0.15, 0.2) is 0 Å². The Morgan fingerprint density at radius 1 is 1.16 bits per heavy atom. The number of rotatable bonds is 2. The van der Waals surface area contributed by atoms with E-state index in [1.807, 2.05) is 44.3 Å². The standard InChI is InChI=1S/C15H18N2O2/c1-10-13-12(9-16(10)2)14(18)17(15(13)19)8-11-6-4-3-5-7-11/h3-7,10,12-13H,8-9H2,1-2H3. The maximum absolute atomic E-state index is 12.4. The largest absolute Gasteiger partial charge is 0.302 e. The molecule has 4 nitrogen and oxygen atoms in total. The van der Waals surface area contributed by atoms with Crippen LogP contribution in [-0.4, -0.2) is 41.2 Å². The summed E-state index contributed by atoms with van der Waals surface area (Å²) in [6, 6.07) is 9.84. The second kappa shape index (κ2) is 4.46. The van der Waals surface area contributed by atoms with E-state index < -0.39 is 0 Å². The lowest BCUT2D eigenvalue weighted by molar-refractivity contribution is -0.141. The van der Waals surface area contributed by atoms with Crippen molar-refractivity contribution >= 4 is 11.8 Å². The molecule has 2 aliphatic rings. The quantitative estimate of drug-likeness (QED) is 0.746. The first-order valence-corrected chi connectivity index (χ1v) is 6.69. The smallest absolute Gasteiger partial charge is 0.235 e. The van der Waals surface area contributed by atoms with Crippen molar-refractivity contribution in [1.82, 2.24) is 9.80 Å². The molecular weight excluding hydrogens is 240 g/mol. The number of nitrogens with zero attached hydrogens (tertiary/aromatic N) is 2. The monoisotopic (exact) mass is 258 g/mol. The van der Waals surface area contributed by atoms with Gasteiger partial charge in [0, 0.05) is 12.6 Å². The molecule has 0 bridgehead atoms. The summed E-state index contributed by atoms with van der Waals surface area (Å²) in [4.78, 5) is 28.3. The number of benzene rings is 1. The summed E-state index contributed by atoms with van der Waals surface area (Å²) in [6.07, 6.45) is 0. The second-order valence-corrected chi connectivity index (χ2v) is 5.56. The van der Waals surface area contributed by atoms with Gasteiger partial charge in [-0.3, -0.25) is 14.5 Å². The topological polar surface area (TPSA) is 40.6 Å². The van der Waals surface area contributed by atoms with E-state index in [-0.39, 0.29) is 29.7 Å². The third kappa shape index (κ3) is 1.87. The third-order valence-electron chi connectivity index (χ3n) is 4.45. The average Bonchev–Trinajstić information content (AvgIpc) is 2.82. The van der Waals surface area contributed by atoms with Crippen molar-refractivity contribution < 1.29 is 9.59 Å². The second-order valence-electron chi connectivity index (χ2n) is 5.56. The van der Waals surface area contributed by atoms with Crippen LogP contribution < -0.4 is 0 Å². The predicted molar refractivity (Wildman–Crippen MR) is 71.1 cm³/mol. The molecule has 2 aliphatic heterocycles. The van der Waals surface area contributed by atoms with Crippen molar-refractivity contribution in [3.05, 3.63) is 35.9 Å². The highest BCUT2D eigenvalue weighted by molar-refractivity contribution is 6.06. The number of hydrogen-bond acceptors (Lipinski definition) is 3. The van der Waals surface area contributed by atoms with Crippen LogP contribution in [0.1, 0.15) is 12.5 Å². The minimum absolute atomic E-state index is 0.00398. The minimum Gasteiger partial charge on any atom is -0.302 e. The Morgan fingerprint density at radius 3 is 2.47 bits per heavy atom. The number of likely N-dealkylation sites (tertiary alicyclic amines) is 2. The summed E-state index contributed by atoms with van der Waals surface area (Å²) in [5, 5.41) is 0. The maximum Gasteiger partial charge on any atom is 0.235 e. The van der Waals surface area contributed by atoms with Gasteiger partial charge >= 0.3 is 0 Å². The van der Waals surface area contributed by atoms with Crippen molar-refractivity contribution in [2.75, 3.05) is 13.6 Å². The molecule has 4 heteroatoms. The van der Waals surface area contributed by atoms with E-state index in [4.69, 9.17) is 0 Å². The summed E-state index contributed by atoms with van der Waals surface area (Å²) < 4.78 is 0. The van der Waals surface area contributed by atoms with E-state index in [0.29, 0.717) is 13.1 Å². The fourth-order valence-electron chi connectivity index (χ4n) is 3.22. The van der Waals surface area contributed by atoms with Crippen LogP contribution in [0.3, 0.4) is 0 Å². The Bertz CT molecular complexity index is 514. The fraction of sp³-hybridized carbons (Fsp3) is 0.467. The zero-order valence-electron chi connectivity index (χ0n) is 11.2. The van der Waals surface area contributed by atoms with Gasteiger partial charge in [0.05, 0.1) is 18.4 Å². The predicted octanol–water partition coefficient (Wildman–Crippen LogP) is 1.12. The summed E-state index contributed by atoms with van der Waals surface area (Å²) in [5.41, 5.74) is 1.00. The van der Waals surface area contributed by atoms with Crippen molar-refractivity contribution in [2.24, 2.45) is 11.8 Å². The Hall–Kier alpha value is -1.68. The van der Waals surface area contributed by atoms with E-state index in [0.717, 1.165) is 5.56 Å². The summed E-state index contributed by atoms with van der Waals surface area (Å²) >= 11 is 0. The van der Waals surface area contributed by atoms with E-state index >= 15 is 0 Å². The SMILES string of the molecule is CC1C2C(=O)N(Cc3ccccc3)C(=O)C2CN1C. The highest BCUT2D eigenvalue weighted by atomic mass is 16.2. The fourth-order valence-corrected chi connectivity index (χ4v) is 3.22. The molecule has 0 spiro atoms. The lowest BCUT2D eigenvalue weighted by Crippen LogP contribution is -2.37. The molecule has 0 aromatic heterocycles. The molecular formula is C15H18N2O2. The molecule has 2 fully saturated rings. The van der Waals surface area contributed by atoms with E-state index in [2.05, 4.69) is 4.90 Å². The third-order valence-corrected chi connectivity index (χ3v) is 4.45. The van der Waals surface area contributed by atoms with Gasteiger partial charge in [-0.05, 0) is 19.5 Å². The Morgan fingerprint density at radius 2 is 1.84 bits per heavy atom. The van der Waals surface area contributed by atoms with E-state index in [1.54, 1.807) is 0 Å². The van der Waals surface area contributed by atoms with Crippen LogP contribution in [0, 0.1) is 11.8 Å². The van der Waals surface area contributed by atoms with Gasteiger partial charge in [-0.15, -0.1) is 0 Å². The zero-order valence-corrected chi connectivity index (χ0v) is 11.2. The highest BCUT2D eigenvalue weighted by Crippen LogP contribution is 2.37. The molecule has 19 heavy (non-hydrogen) atoms. The van der Waals surface area contributed by atoms with Gasteiger partial charge in [0.1, 0.15) is 0 Å². The number of imide groups is 1. The Labute approximate surface area is 113 Å². The van der Waals surface area contributed by atoms with Gasteiger partial charge in [0.2, 0.25) is 11.8 Å². The number of amides is 2. The normalized spacial score (nSPS) is 31.1. The lowest BCUT2D eigenvalue weighted by atomic mass is 9.94. The van der Waals surface area contributed by atoms with Crippen molar-refractivity contribution in [3.8, 4) is 0 Å². The molecule has 1 aromatic rings. The van der Waals surface area contributed by atoms with Crippen molar-refractivity contribution in [1.29, 1.82) is 0 Å². The van der Waals surface area contributed by atoms with Gasteiger partial charge in [-0.2, -0.15) is 0 Å². The number of carbonyl (C=O) groups is 2. The Balaban J connectivity index is 1.82. The molecule has 0 radical (unpaired) electrons. The number of hydrogen-bond donors (Lipinski definition) is 0.